The number of aryl methyl sites for hydroxylation is 1. The first-order valence-electron chi connectivity index (χ1n) is 7.39. The molecular weight excluding hydrogens is 268 g/mol. The summed E-state index contributed by atoms with van der Waals surface area (Å²) in [5.41, 5.74) is 1.34. The van der Waals surface area contributed by atoms with E-state index in [1.165, 1.54) is 0 Å². The summed E-state index contributed by atoms with van der Waals surface area (Å²) in [5, 5.41) is 15.2. The number of rotatable bonds is 4. The molecule has 0 radical (unpaired) electrons. The van der Waals surface area contributed by atoms with Crippen LogP contribution in [0, 0.1) is 12.8 Å². The molecule has 3 N–H and O–H groups in total. The van der Waals surface area contributed by atoms with Crippen LogP contribution in [0.25, 0.3) is 0 Å². The normalized spacial score (nSPS) is 21.8. The number of aromatic carboxylic acids is 1. The molecule has 1 aliphatic rings. The average Bonchev–Trinajstić information content (AvgIpc) is 2.48. The van der Waals surface area contributed by atoms with Crippen molar-refractivity contribution in [3.05, 3.63) is 29.3 Å². The number of hydrogen-bond acceptors (Lipinski definition) is 3. The second-order valence-electron chi connectivity index (χ2n) is 5.65. The molecule has 0 saturated carbocycles. The van der Waals surface area contributed by atoms with E-state index in [4.69, 9.17) is 0 Å². The Balaban J connectivity index is 2.11. The molecule has 0 aromatic heterocycles. The third-order valence-corrected chi connectivity index (χ3v) is 4.07. The molecule has 5 heteroatoms. The van der Waals surface area contributed by atoms with Gasteiger partial charge in [-0.1, -0.05) is 25.0 Å². The molecule has 1 heterocycles. The van der Waals surface area contributed by atoms with Crippen LogP contribution < -0.4 is 10.6 Å². The van der Waals surface area contributed by atoms with Gasteiger partial charge in [-0.2, -0.15) is 0 Å². The Bertz CT molecular complexity index is 542. The highest BCUT2D eigenvalue weighted by atomic mass is 16.4. The van der Waals surface area contributed by atoms with Gasteiger partial charge in [-0.05, 0) is 44.4 Å². The summed E-state index contributed by atoms with van der Waals surface area (Å²) in [6.45, 7) is 4.79. The zero-order chi connectivity index (χ0) is 15.4. The Morgan fingerprint density at radius 2 is 2.19 bits per heavy atom. The van der Waals surface area contributed by atoms with Gasteiger partial charge in [0, 0.05) is 0 Å². The molecule has 1 aromatic rings. The quantitative estimate of drug-likeness (QED) is 0.795. The minimum Gasteiger partial charge on any atom is -0.478 e. The first kappa shape index (κ1) is 15.5. The number of amides is 1. The number of carbonyl (C=O) groups excluding carboxylic acids is 1. The minimum absolute atomic E-state index is 0.131. The van der Waals surface area contributed by atoms with Crippen molar-refractivity contribution in [2.45, 2.75) is 39.2 Å². The van der Waals surface area contributed by atoms with Crippen molar-refractivity contribution < 1.29 is 14.7 Å². The number of carboxylic acid groups (broad SMARTS) is 1. The maximum Gasteiger partial charge on any atom is 0.337 e. The number of nitrogens with one attached hydrogen (secondary N) is 2. The highest BCUT2D eigenvalue weighted by molar-refractivity contribution is 6.02. The molecule has 5 nitrogen and oxygen atoms in total. The monoisotopic (exact) mass is 290 g/mol. The van der Waals surface area contributed by atoms with Crippen LogP contribution in [0.2, 0.25) is 0 Å². The van der Waals surface area contributed by atoms with Crippen LogP contribution in [0.5, 0.6) is 0 Å². The SMILES string of the molecule is CCC1CCNC(C(=O)Nc2ccc(C)cc2C(=O)O)C1. The first-order chi connectivity index (χ1) is 10.0. The summed E-state index contributed by atoms with van der Waals surface area (Å²) in [6, 6.07) is 4.77. The van der Waals surface area contributed by atoms with E-state index in [0.717, 1.165) is 31.4 Å². The van der Waals surface area contributed by atoms with Crippen LogP contribution in [0.4, 0.5) is 5.69 Å². The smallest absolute Gasteiger partial charge is 0.337 e. The summed E-state index contributed by atoms with van der Waals surface area (Å²) >= 11 is 0. The van der Waals surface area contributed by atoms with Gasteiger partial charge in [0.2, 0.25) is 5.91 Å². The van der Waals surface area contributed by atoms with Crippen LogP contribution in [0.1, 0.15) is 42.1 Å². The Morgan fingerprint density at radius 3 is 2.86 bits per heavy atom. The second-order valence-corrected chi connectivity index (χ2v) is 5.65. The largest absolute Gasteiger partial charge is 0.478 e. The number of piperidine rings is 1. The van der Waals surface area contributed by atoms with Gasteiger partial charge in [-0.15, -0.1) is 0 Å². The highest BCUT2D eigenvalue weighted by Gasteiger charge is 2.26. The fraction of sp³-hybridized carbons (Fsp3) is 0.500. The molecule has 1 amide bonds. The van der Waals surface area contributed by atoms with Crippen molar-refractivity contribution in [1.29, 1.82) is 0 Å². The van der Waals surface area contributed by atoms with E-state index in [0.29, 0.717) is 11.6 Å². The van der Waals surface area contributed by atoms with Gasteiger partial charge in [-0.25, -0.2) is 4.79 Å². The molecule has 0 bridgehead atoms. The minimum atomic E-state index is -1.03. The number of hydrogen-bond donors (Lipinski definition) is 3. The van der Waals surface area contributed by atoms with E-state index < -0.39 is 5.97 Å². The summed E-state index contributed by atoms with van der Waals surface area (Å²) in [4.78, 5) is 23.6. The van der Waals surface area contributed by atoms with Crippen LogP contribution in [0.3, 0.4) is 0 Å². The third-order valence-electron chi connectivity index (χ3n) is 4.07. The van der Waals surface area contributed by atoms with E-state index in [-0.39, 0.29) is 17.5 Å². The van der Waals surface area contributed by atoms with Gasteiger partial charge in [0.1, 0.15) is 0 Å². The lowest BCUT2D eigenvalue weighted by Crippen LogP contribution is -2.46. The summed E-state index contributed by atoms with van der Waals surface area (Å²) in [6.07, 6.45) is 2.96. The third kappa shape index (κ3) is 3.82. The van der Waals surface area contributed by atoms with Gasteiger partial charge in [0.15, 0.2) is 0 Å². The van der Waals surface area contributed by atoms with E-state index in [1.54, 1.807) is 18.2 Å². The first-order valence-corrected chi connectivity index (χ1v) is 7.39. The highest BCUT2D eigenvalue weighted by Crippen LogP contribution is 2.22. The predicted molar refractivity (Wildman–Crippen MR) is 81.6 cm³/mol. The van der Waals surface area contributed by atoms with Crippen LogP contribution in [-0.4, -0.2) is 29.6 Å². The average molecular weight is 290 g/mol. The molecule has 2 rings (SSSR count). The summed E-state index contributed by atoms with van der Waals surface area (Å²) < 4.78 is 0. The maximum absolute atomic E-state index is 12.3. The van der Waals surface area contributed by atoms with E-state index in [1.807, 2.05) is 6.92 Å². The van der Waals surface area contributed by atoms with E-state index in [2.05, 4.69) is 17.6 Å². The predicted octanol–water partition coefficient (Wildman–Crippen LogP) is 2.41. The Labute approximate surface area is 124 Å². The molecule has 1 saturated heterocycles. The van der Waals surface area contributed by atoms with Crippen LogP contribution in [0.15, 0.2) is 18.2 Å². The molecule has 0 spiro atoms. The van der Waals surface area contributed by atoms with Gasteiger partial charge < -0.3 is 15.7 Å². The maximum atomic E-state index is 12.3. The van der Waals surface area contributed by atoms with E-state index in [9.17, 15) is 14.7 Å². The zero-order valence-electron chi connectivity index (χ0n) is 12.5. The van der Waals surface area contributed by atoms with Crippen molar-refractivity contribution in [3.63, 3.8) is 0 Å². The lowest BCUT2D eigenvalue weighted by Gasteiger charge is -2.29. The van der Waals surface area contributed by atoms with Gasteiger partial charge >= 0.3 is 5.97 Å². The standard InChI is InChI=1S/C16H22N2O3/c1-3-11-6-7-17-14(9-11)15(19)18-13-5-4-10(2)8-12(13)16(20)21/h4-5,8,11,14,17H,3,6-7,9H2,1-2H3,(H,18,19)(H,20,21). The molecule has 1 aliphatic heterocycles. The van der Waals surface area contributed by atoms with Gasteiger partial charge in [-0.3, -0.25) is 4.79 Å². The van der Waals surface area contributed by atoms with Crippen LogP contribution >= 0.6 is 0 Å². The van der Waals surface area contributed by atoms with Crippen molar-refractivity contribution in [3.8, 4) is 0 Å². The van der Waals surface area contributed by atoms with Crippen molar-refractivity contribution >= 4 is 17.6 Å². The molecule has 114 valence electrons. The molecular formula is C16H22N2O3. The number of carboxylic acids is 1. The summed E-state index contributed by atoms with van der Waals surface area (Å²) in [5.74, 6) is -0.629. The summed E-state index contributed by atoms with van der Waals surface area (Å²) in [7, 11) is 0. The van der Waals surface area contributed by atoms with Crippen molar-refractivity contribution in [1.82, 2.24) is 5.32 Å². The lowest BCUT2D eigenvalue weighted by molar-refractivity contribution is -0.119. The van der Waals surface area contributed by atoms with Gasteiger partial charge in [0.05, 0.1) is 17.3 Å². The number of carbonyl (C=O) groups is 2. The topological polar surface area (TPSA) is 78.4 Å². The molecule has 0 aliphatic carbocycles. The Morgan fingerprint density at radius 1 is 1.43 bits per heavy atom. The Kier molecular flexibility index (Phi) is 4.96. The van der Waals surface area contributed by atoms with Crippen molar-refractivity contribution in [2.24, 2.45) is 5.92 Å². The van der Waals surface area contributed by atoms with E-state index >= 15 is 0 Å². The molecule has 21 heavy (non-hydrogen) atoms. The molecule has 1 fully saturated rings. The second kappa shape index (κ2) is 6.72. The fourth-order valence-electron chi connectivity index (χ4n) is 2.73. The number of benzene rings is 1. The van der Waals surface area contributed by atoms with Crippen molar-refractivity contribution in [2.75, 3.05) is 11.9 Å². The van der Waals surface area contributed by atoms with Crippen LogP contribution in [-0.2, 0) is 4.79 Å². The molecule has 2 unspecified atom stereocenters. The zero-order valence-corrected chi connectivity index (χ0v) is 12.5. The fourth-order valence-corrected chi connectivity index (χ4v) is 2.73. The molecule has 2 atom stereocenters. The lowest BCUT2D eigenvalue weighted by atomic mass is 9.90. The van der Waals surface area contributed by atoms with Gasteiger partial charge in [0.25, 0.3) is 0 Å². The Hall–Kier alpha value is -1.88. The number of anilines is 1. The molecule has 1 aromatic carbocycles.